The Balaban J connectivity index is 2.17. The molecule has 2 unspecified atom stereocenters. The fourth-order valence-electron chi connectivity index (χ4n) is 2.18. The lowest BCUT2D eigenvalue weighted by atomic mass is 9.94. The lowest BCUT2D eigenvalue weighted by molar-refractivity contribution is 0.297. The van der Waals surface area contributed by atoms with Crippen molar-refractivity contribution in [3.8, 4) is 11.5 Å². The normalized spacial score (nSPS) is 18.3. The van der Waals surface area contributed by atoms with Crippen molar-refractivity contribution >= 4 is 0 Å². The minimum atomic E-state index is 0.223. The van der Waals surface area contributed by atoms with Gasteiger partial charge in [0.15, 0.2) is 11.5 Å². The Morgan fingerprint density at radius 1 is 1.18 bits per heavy atom. The molecule has 0 saturated carbocycles. The van der Waals surface area contributed by atoms with Crippen LogP contribution in [0.4, 0.5) is 0 Å². The average Bonchev–Trinajstić information content (AvgIpc) is 2.51. The van der Waals surface area contributed by atoms with E-state index in [1.165, 1.54) is 5.56 Å². The van der Waals surface area contributed by atoms with E-state index in [4.69, 9.17) is 15.2 Å². The predicted octanol–water partition coefficient (Wildman–Crippen LogP) is 2.69. The second-order valence-corrected chi connectivity index (χ2v) is 4.87. The van der Waals surface area contributed by atoms with Crippen LogP contribution in [0.2, 0.25) is 0 Å². The number of hydrogen-bond acceptors (Lipinski definition) is 3. The van der Waals surface area contributed by atoms with Crippen molar-refractivity contribution in [3.05, 3.63) is 23.8 Å². The van der Waals surface area contributed by atoms with Gasteiger partial charge in [-0.15, -0.1) is 0 Å². The van der Waals surface area contributed by atoms with Gasteiger partial charge in [0.05, 0.1) is 13.2 Å². The molecule has 0 aromatic heterocycles. The van der Waals surface area contributed by atoms with E-state index in [0.717, 1.165) is 37.6 Å². The molecular weight excluding hydrogens is 214 g/mol. The molecule has 17 heavy (non-hydrogen) atoms. The molecule has 0 aliphatic carbocycles. The fraction of sp³-hybridized carbons (Fsp3) is 0.571. The molecule has 0 spiro atoms. The first-order chi connectivity index (χ1) is 8.16. The SMILES string of the molecule is CC(N)CC(C)c1ccc2c(c1)OCCCO2. The van der Waals surface area contributed by atoms with Crippen LogP contribution in [0.25, 0.3) is 0 Å². The van der Waals surface area contributed by atoms with E-state index in [9.17, 15) is 0 Å². The quantitative estimate of drug-likeness (QED) is 0.876. The third kappa shape index (κ3) is 3.13. The van der Waals surface area contributed by atoms with Gasteiger partial charge in [-0.3, -0.25) is 0 Å². The Bertz CT molecular complexity index is 376. The van der Waals surface area contributed by atoms with Crippen molar-refractivity contribution in [1.82, 2.24) is 0 Å². The van der Waals surface area contributed by atoms with Crippen LogP contribution in [-0.2, 0) is 0 Å². The zero-order valence-electron chi connectivity index (χ0n) is 10.6. The minimum absolute atomic E-state index is 0.223. The summed E-state index contributed by atoms with van der Waals surface area (Å²) in [6.45, 7) is 5.71. The van der Waals surface area contributed by atoms with Crippen LogP contribution in [-0.4, -0.2) is 19.3 Å². The summed E-state index contributed by atoms with van der Waals surface area (Å²) in [4.78, 5) is 0. The van der Waals surface area contributed by atoms with Gasteiger partial charge < -0.3 is 15.2 Å². The van der Waals surface area contributed by atoms with Crippen molar-refractivity contribution in [3.63, 3.8) is 0 Å². The Morgan fingerprint density at radius 3 is 2.59 bits per heavy atom. The molecular formula is C14H21NO2. The summed E-state index contributed by atoms with van der Waals surface area (Å²) in [5, 5.41) is 0. The van der Waals surface area contributed by atoms with Crippen molar-refractivity contribution in [2.45, 2.75) is 38.6 Å². The molecule has 2 N–H and O–H groups in total. The maximum Gasteiger partial charge on any atom is 0.161 e. The summed E-state index contributed by atoms with van der Waals surface area (Å²) in [7, 11) is 0. The van der Waals surface area contributed by atoms with E-state index in [0.29, 0.717) is 5.92 Å². The topological polar surface area (TPSA) is 44.5 Å². The van der Waals surface area contributed by atoms with Gasteiger partial charge in [0.1, 0.15) is 0 Å². The van der Waals surface area contributed by atoms with Crippen LogP contribution in [0.1, 0.15) is 38.2 Å². The second kappa shape index (κ2) is 5.41. The molecule has 3 nitrogen and oxygen atoms in total. The number of ether oxygens (including phenoxy) is 2. The number of benzene rings is 1. The highest BCUT2D eigenvalue weighted by Crippen LogP contribution is 2.33. The molecule has 3 heteroatoms. The molecule has 1 heterocycles. The van der Waals surface area contributed by atoms with Gasteiger partial charge in [-0.05, 0) is 37.0 Å². The first kappa shape index (κ1) is 12.2. The molecule has 2 atom stereocenters. The van der Waals surface area contributed by atoms with Gasteiger partial charge in [-0.1, -0.05) is 13.0 Å². The van der Waals surface area contributed by atoms with Crippen LogP contribution in [0, 0.1) is 0 Å². The van der Waals surface area contributed by atoms with E-state index in [-0.39, 0.29) is 6.04 Å². The monoisotopic (exact) mass is 235 g/mol. The van der Waals surface area contributed by atoms with Crippen LogP contribution < -0.4 is 15.2 Å². The van der Waals surface area contributed by atoms with Crippen LogP contribution in [0.3, 0.4) is 0 Å². The molecule has 0 amide bonds. The third-order valence-electron chi connectivity index (χ3n) is 3.07. The van der Waals surface area contributed by atoms with Gasteiger partial charge >= 0.3 is 0 Å². The predicted molar refractivity (Wildman–Crippen MR) is 68.7 cm³/mol. The molecule has 0 saturated heterocycles. The van der Waals surface area contributed by atoms with Gasteiger partial charge in [0.25, 0.3) is 0 Å². The Morgan fingerprint density at radius 2 is 1.88 bits per heavy atom. The van der Waals surface area contributed by atoms with Crippen molar-refractivity contribution in [2.75, 3.05) is 13.2 Å². The summed E-state index contributed by atoms with van der Waals surface area (Å²) < 4.78 is 11.3. The minimum Gasteiger partial charge on any atom is -0.490 e. The van der Waals surface area contributed by atoms with E-state index in [1.807, 2.05) is 13.0 Å². The molecule has 1 aromatic carbocycles. The lowest BCUT2D eigenvalue weighted by Gasteiger charge is -2.16. The van der Waals surface area contributed by atoms with Gasteiger partial charge in [-0.2, -0.15) is 0 Å². The standard InChI is InChI=1S/C14H21NO2/c1-10(8-11(2)15)12-4-5-13-14(9-12)17-7-3-6-16-13/h4-5,9-11H,3,6-8,15H2,1-2H3. The first-order valence-electron chi connectivity index (χ1n) is 6.32. The molecule has 0 radical (unpaired) electrons. The maximum absolute atomic E-state index is 5.84. The highest BCUT2D eigenvalue weighted by atomic mass is 16.5. The molecule has 1 aliphatic heterocycles. The highest BCUT2D eigenvalue weighted by molar-refractivity contribution is 5.44. The Kier molecular flexibility index (Phi) is 3.89. The smallest absolute Gasteiger partial charge is 0.161 e. The number of rotatable bonds is 3. The molecule has 0 bridgehead atoms. The second-order valence-electron chi connectivity index (χ2n) is 4.87. The molecule has 0 fully saturated rings. The van der Waals surface area contributed by atoms with Gasteiger partial charge in [-0.25, -0.2) is 0 Å². The van der Waals surface area contributed by atoms with Gasteiger partial charge in [0, 0.05) is 12.5 Å². The zero-order chi connectivity index (χ0) is 12.3. The molecule has 94 valence electrons. The number of hydrogen-bond donors (Lipinski definition) is 1. The molecule has 2 rings (SSSR count). The summed E-state index contributed by atoms with van der Waals surface area (Å²) in [6, 6.07) is 6.43. The van der Waals surface area contributed by atoms with E-state index in [2.05, 4.69) is 19.1 Å². The summed E-state index contributed by atoms with van der Waals surface area (Å²) in [5.41, 5.74) is 7.11. The first-order valence-corrected chi connectivity index (χ1v) is 6.32. The van der Waals surface area contributed by atoms with Crippen LogP contribution in [0.5, 0.6) is 11.5 Å². The fourth-order valence-corrected chi connectivity index (χ4v) is 2.18. The number of fused-ring (bicyclic) bond motifs is 1. The van der Waals surface area contributed by atoms with Crippen molar-refractivity contribution in [1.29, 1.82) is 0 Å². The third-order valence-corrected chi connectivity index (χ3v) is 3.07. The number of nitrogens with two attached hydrogens (primary N) is 1. The van der Waals surface area contributed by atoms with E-state index in [1.54, 1.807) is 0 Å². The Labute approximate surface area is 103 Å². The largest absolute Gasteiger partial charge is 0.490 e. The summed E-state index contributed by atoms with van der Waals surface area (Å²) >= 11 is 0. The zero-order valence-corrected chi connectivity index (χ0v) is 10.6. The maximum atomic E-state index is 5.84. The summed E-state index contributed by atoms with van der Waals surface area (Å²) in [6.07, 6.45) is 1.93. The van der Waals surface area contributed by atoms with E-state index >= 15 is 0 Å². The average molecular weight is 235 g/mol. The van der Waals surface area contributed by atoms with Crippen molar-refractivity contribution < 1.29 is 9.47 Å². The molecule has 1 aromatic rings. The highest BCUT2D eigenvalue weighted by Gasteiger charge is 2.14. The summed E-state index contributed by atoms with van der Waals surface area (Å²) in [5.74, 6) is 2.18. The van der Waals surface area contributed by atoms with E-state index < -0.39 is 0 Å². The van der Waals surface area contributed by atoms with Crippen LogP contribution >= 0.6 is 0 Å². The lowest BCUT2D eigenvalue weighted by Crippen LogP contribution is -2.17. The van der Waals surface area contributed by atoms with Crippen LogP contribution in [0.15, 0.2) is 18.2 Å². The molecule has 1 aliphatic rings. The van der Waals surface area contributed by atoms with Crippen molar-refractivity contribution in [2.24, 2.45) is 5.73 Å². The Hall–Kier alpha value is -1.22. The van der Waals surface area contributed by atoms with Gasteiger partial charge in [0.2, 0.25) is 0 Å².